The number of esters is 1. The zero-order valence-electron chi connectivity index (χ0n) is 14.1. The van der Waals surface area contributed by atoms with Gasteiger partial charge in [-0.15, -0.1) is 0 Å². The molecule has 0 bridgehead atoms. The zero-order chi connectivity index (χ0) is 18.7. The normalized spacial score (nSPS) is 10.5. The molecule has 0 atom stereocenters. The van der Waals surface area contributed by atoms with Gasteiger partial charge in [-0.05, 0) is 25.1 Å². The lowest BCUT2D eigenvalue weighted by Gasteiger charge is -2.10. The van der Waals surface area contributed by atoms with Crippen molar-refractivity contribution in [2.24, 2.45) is 0 Å². The molecule has 0 saturated carbocycles. The molecule has 132 valence electrons. The van der Waals surface area contributed by atoms with Crippen molar-refractivity contribution in [2.45, 2.75) is 6.92 Å². The van der Waals surface area contributed by atoms with E-state index in [9.17, 15) is 14.9 Å². The number of nitrogens with zero attached hydrogens (tertiary/aromatic N) is 3. The SMILES string of the molecule is CCOC(=O)c1cc2cc(-c3cccnc3)c([N+](=O)[O-])cc2nc1OC. The minimum Gasteiger partial charge on any atom is -0.480 e. The standard InChI is InChI=1S/C18H15N3O5/c1-3-26-18(22)14-8-12-7-13(11-5-4-6-19-10-11)16(21(23)24)9-15(12)20-17(14)25-2/h4-10H,3H2,1-2H3. The molecule has 0 spiro atoms. The molecule has 3 rings (SSSR count). The summed E-state index contributed by atoms with van der Waals surface area (Å²) in [6.07, 6.45) is 3.12. The molecule has 1 aromatic carbocycles. The molecule has 2 aromatic heterocycles. The largest absolute Gasteiger partial charge is 0.480 e. The van der Waals surface area contributed by atoms with Crippen LogP contribution in [0.2, 0.25) is 0 Å². The van der Waals surface area contributed by atoms with Gasteiger partial charge in [-0.25, -0.2) is 9.78 Å². The molecule has 8 nitrogen and oxygen atoms in total. The number of nitro benzene ring substituents is 1. The van der Waals surface area contributed by atoms with Crippen molar-refractivity contribution < 1.29 is 19.2 Å². The van der Waals surface area contributed by atoms with Crippen molar-refractivity contribution in [3.63, 3.8) is 0 Å². The Morgan fingerprint density at radius 3 is 2.73 bits per heavy atom. The van der Waals surface area contributed by atoms with E-state index in [4.69, 9.17) is 9.47 Å². The summed E-state index contributed by atoms with van der Waals surface area (Å²) < 4.78 is 10.2. The first-order valence-electron chi connectivity index (χ1n) is 7.79. The lowest BCUT2D eigenvalue weighted by Crippen LogP contribution is -2.08. The van der Waals surface area contributed by atoms with Crippen LogP contribution in [-0.2, 0) is 4.74 Å². The maximum absolute atomic E-state index is 12.1. The van der Waals surface area contributed by atoms with Crippen LogP contribution in [0.15, 0.2) is 42.7 Å². The zero-order valence-corrected chi connectivity index (χ0v) is 14.1. The Hall–Kier alpha value is -3.55. The number of carbonyl (C=O) groups excluding carboxylic acids is 1. The number of fused-ring (bicyclic) bond motifs is 1. The molecular weight excluding hydrogens is 338 g/mol. The van der Waals surface area contributed by atoms with Gasteiger partial charge in [-0.1, -0.05) is 6.07 Å². The van der Waals surface area contributed by atoms with Crippen molar-refractivity contribution in [2.75, 3.05) is 13.7 Å². The Labute approximate surface area is 148 Å². The highest BCUT2D eigenvalue weighted by molar-refractivity contribution is 5.98. The molecule has 0 N–H and O–H groups in total. The van der Waals surface area contributed by atoms with Gasteiger partial charge in [0.05, 0.1) is 29.7 Å². The summed E-state index contributed by atoms with van der Waals surface area (Å²) in [5.41, 5.74) is 1.37. The number of methoxy groups -OCH3 is 1. The third-order valence-corrected chi connectivity index (χ3v) is 3.76. The molecule has 3 aromatic rings. The summed E-state index contributed by atoms with van der Waals surface area (Å²) in [4.78, 5) is 31.4. The van der Waals surface area contributed by atoms with Gasteiger partial charge in [-0.2, -0.15) is 0 Å². The fourth-order valence-electron chi connectivity index (χ4n) is 2.61. The summed E-state index contributed by atoms with van der Waals surface area (Å²) in [5.74, 6) is -0.514. The molecule has 0 aliphatic carbocycles. The number of ether oxygens (including phenoxy) is 2. The summed E-state index contributed by atoms with van der Waals surface area (Å²) in [5, 5.41) is 12.1. The van der Waals surface area contributed by atoms with Crippen LogP contribution in [0.5, 0.6) is 5.88 Å². The number of carbonyl (C=O) groups is 1. The number of aromatic nitrogens is 2. The van der Waals surface area contributed by atoms with Crippen LogP contribution in [0, 0.1) is 10.1 Å². The fourth-order valence-corrected chi connectivity index (χ4v) is 2.61. The Bertz CT molecular complexity index is 989. The van der Waals surface area contributed by atoms with E-state index >= 15 is 0 Å². The predicted molar refractivity (Wildman–Crippen MR) is 94.1 cm³/mol. The number of pyridine rings is 2. The molecule has 0 aliphatic heterocycles. The predicted octanol–water partition coefficient (Wildman–Crippen LogP) is 3.39. The number of nitro groups is 1. The first kappa shape index (κ1) is 17.3. The maximum atomic E-state index is 12.1. The topological polar surface area (TPSA) is 104 Å². The van der Waals surface area contributed by atoms with Crippen molar-refractivity contribution >= 4 is 22.6 Å². The molecule has 0 fully saturated rings. The van der Waals surface area contributed by atoms with Crippen LogP contribution >= 0.6 is 0 Å². The van der Waals surface area contributed by atoms with Crippen molar-refractivity contribution in [3.8, 4) is 17.0 Å². The number of benzene rings is 1. The van der Waals surface area contributed by atoms with Crippen LogP contribution in [0.4, 0.5) is 5.69 Å². The summed E-state index contributed by atoms with van der Waals surface area (Å²) >= 11 is 0. The minimum absolute atomic E-state index is 0.0550. The van der Waals surface area contributed by atoms with E-state index in [-0.39, 0.29) is 23.7 Å². The van der Waals surface area contributed by atoms with Crippen molar-refractivity contribution in [1.29, 1.82) is 0 Å². The quantitative estimate of drug-likeness (QED) is 0.393. The molecule has 0 radical (unpaired) electrons. The Morgan fingerprint density at radius 1 is 1.31 bits per heavy atom. The average Bonchev–Trinajstić information content (AvgIpc) is 2.66. The Morgan fingerprint density at radius 2 is 2.12 bits per heavy atom. The monoisotopic (exact) mass is 353 g/mol. The van der Waals surface area contributed by atoms with Gasteiger partial charge < -0.3 is 9.47 Å². The second-order valence-electron chi connectivity index (χ2n) is 5.33. The number of rotatable bonds is 5. The lowest BCUT2D eigenvalue weighted by atomic mass is 10.0. The van der Waals surface area contributed by atoms with Crippen LogP contribution in [-0.4, -0.2) is 34.6 Å². The molecule has 0 unspecified atom stereocenters. The third kappa shape index (κ3) is 3.16. The van der Waals surface area contributed by atoms with Gasteiger partial charge in [-0.3, -0.25) is 15.1 Å². The van der Waals surface area contributed by atoms with E-state index in [1.165, 1.54) is 19.4 Å². The van der Waals surface area contributed by atoms with Crippen molar-refractivity contribution in [3.05, 3.63) is 58.4 Å². The molecule has 26 heavy (non-hydrogen) atoms. The fraction of sp³-hybridized carbons (Fsp3) is 0.167. The summed E-state index contributed by atoms with van der Waals surface area (Å²) in [6.45, 7) is 1.91. The maximum Gasteiger partial charge on any atom is 0.343 e. The van der Waals surface area contributed by atoms with E-state index in [1.807, 2.05) is 0 Å². The Kier molecular flexibility index (Phi) is 4.74. The second kappa shape index (κ2) is 7.14. The molecule has 0 aliphatic rings. The Balaban J connectivity index is 2.27. The number of hydrogen-bond donors (Lipinski definition) is 0. The smallest absolute Gasteiger partial charge is 0.343 e. The van der Waals surface area contributed by atoms with E-state index in [1.54, 1.807) is 37.4 Å². The second-order valence-corrected chi connectivity index (χ2v) is 5.33. The van der Waals surface area contributed by atoms with Crippen molar-refractivity contribution in [1.82, 2.24) is 9.97 Å². The first-order chi connectivity index (χ1) is 12.5. The summed E-state index contributed by atoms with van der Waals surface area (Å²) in [6, 6.07) is 7.95. The van der Waals surface area contributed by atoms with Gasteiger partial charge in [0.25, 0.3) is 5.69 Å². The lowest BCUT2D eigenvalue weighted by molar-refractivity contribution is -0.384. The van der Waals surface area contributed by atoms with Gasteiger partial charge in [0, 0.05) is 29.4 Å². The van der Waals surface area contributed by atoms with Crippen LogP contribution in [0.25, 0.3) is 22.0 Å². The molecule has 8 heteroatoms. The van der Waals surface area contributed by atoms with E-state index < -0.39 is 10.9 Å². The van der Waals surface area contributed by atoms with Crippen LogP contribution in [0.3, 0.4) is 0 Å². The van der Waals surface area contributed by atoms with E-state index in [0.717, 1.165) is 0 Å². The third-order valence-electron chi connectivity index (χ3n) is 3.76. The minimum atomic E-state index is -0.569. The highest BCUT2D eigenvalue weighted by Crippen LogP contribution is 2.34. The van der Waals surface area contributed by atoms with Crippen LogP contribution < -0.4 is 4.74 Å². The summed E-state index contributed by atoms with van der Waals surface area (Å²) in [7, 11) is 1.37. The molecule has 2 heterocycles. The van der Waals surface area contributed by atoms with Gasteiger partial charge in [0.1, 0.15) is 5.56 Å². The highest BCUT2D eigenvalue weighted by atomic mass is 16.6. The highest BCUT2D eigenvalue weighted by Gasteiger charge is 2.21. The molecule has 0 amide bonds. The average molecular weight is 353 g/mol. The van der Waals surface area contributed by atoms with Gasteiger partial charge >= 0.3 is 5.97 Å². The first-order valence-corrected chi connectivity index (χ1v) is 7.79. The number of hydrogen-bond acceptors (Lipinski definition) is 7. The van der Waals surface area contributed by atoms with E-state index in [2.05, 4.69) is 9.97 Å². The molecular formula is C18H15N3O5. The van der Waals surface area contributed by atoms with Gasteiger partial charge in [0.2, 0.25) is 5.88 Å². The van der Waals surface area contributed by atoms with E-state index in [0.29, 0.717) is 22.0 Å². The van der Waals surface area contributed by atoms with Crippen LogP contribution in [0.1, 0.15) is 17.3 Å². The van der Waals surface area contributed by atoms with Gasteiger partial charge in [0.15, 0.2) is 0 Å². The molecule has 0 saturated heterocycles.